The van der Waals surface area contributed by atoms with E-state index in [-0.39, 0.29) is 0 Å². The van der Waals surface area contributed by atoms with Gasteiger partial charge in [-0.3, -0.25) is 0 Å². The molecule has 0 aromatic heterocycles. The number of benzene rings is 2. The van der Waals surface area contributed by atoms with Crippen molar-refractivity contribution in [2.24, 2.45) is 0 Å². The molecule has 2 aromatic carbocycles. The quantitative estimate of drug-likeness (QED) is 0.504. The summed E-state index contributed by atoms with van der Waals surface area (Å²) in [4.78, 5) is 0. The smallest absolute Gasteiger partial charge is 0.00360 e. The highest BCUT2D eigenvalue weighted by Gasteiger charge is 2.15. The molecule has 0 saturated carbocycles. The van der Waals surface area contributed by atoms with Gasteiger partial charge in [-0.05, 0) is 40.3 Å². The minimum atomic E-state index is 1.24. The van der Waals surface area contributed by atoms with Gasteiger partial charge in [0, 0.05) is 0 Å². The van der Waals surface area contributed by atoms with Crippen molar-refractivity contribution in [3.8, 4) is 0 Å². The predicted octanol–water partition coefficient (Wildman–Crippen LogP) is 6.44. The van der Waals surface area contributed by atoms with E-state index >= 15 is 0 Å². The van der Waals surface area contributed by atoms with Crippen molar-refractivity contribution in [1.82, 2.24) is 0 Å². The molecule has 2 aromatic rings. The lowest BCUT2D eigenvalue weighted by Crippen LogP contribution is -1.84. The van der Waals surface area contributed by atoms with Crippen LogP contribution in [0, 0.1) is 0 Å². The Balaban J connectivity index is 1.64. The topological polar surface area (TPSA) is 0 Å². The molecule has 104 valence electrons. The van der Waals surface area contributed by atoms with Gasteiger partial charge >= 0.3 is 0 Å². The van der Waals surface area contributed by atoms with Crippen LogP contribution >= 0.6 is 0 Å². The molecule has 0 aliphatic heterocycles. The van der Waals surface area contributed by atoms with Crippen LogP contribution in [0.5, 0.6) is 0 Å². The number of allylic oxidation sites excluding steroid dienone is 1. The van der Waals surface area contributed by atoms with E-state index in [0.717, 1.165) is 0 Å². The molecule has 0 spiro atoms. The van der Waals surface area contributed by atoms with Gasteiger partial charge in [0.1, 0.15) is 0 Å². The lowest BCUT2D eigenvalue weighted by Gasteiger charge is -2.06. The van der Waals surface area contributed by atoms with Gasteiger partial charge in [0.2, 0.25) is 0 Å². The van der Waals surface area contributed by atoms with Crippen LogP contribution in [-0.2, 0) is 0 Å². The first kappa shape index (κ1) is 13.4. The van der Waals surface area contributed by atoms with E-state index in [4.69, 9.17) is 0 Å². The van der Waals surface area contributed by atoms with Gasteiger partial charge in [-0.15, -0.1) is 0 Å². The third-order valence-corrected chi connectivity index (χ3v) is 4.41. The summed E-state index contributed by atoms with van der Waals surface area (Å²) in [5.41, 5.74) is 4.44. The fourth-order valence-electron chi connectivity index (χ4n) is 3.33. The van der Waals surface area contributed by atoms with Crippen LogP contribution in [0.2, 0.25) is 0 Å². The van der Waals surface area contributed by atoms with Gasteiger partial charge in [-0.2, -0.15) is 0 Å². The summed E-state index contributed by atoms with van der Waals surface area (Å²) in [6, 6.07) is 13.4. The zero-order valence-electron chi connectivity index (χ0n) is 12.5. The average molecular weight is 264 g/mol. The number of hydrogen-bond acceptors (Lipinski definition) is 0. The lowest BCUT2D eigenvalue weighted by atomic mass is 9.99. The summed E-state index contributed by atoms with van der Waals surface area (Å²) in [5, 5.41) is 2.85. The van der Waals surface area contributed by atoms with Crippen molar-refractivity contribution in [1.29, 1.82) is 0 Å². The fourth-order valence-corrected chi connectivity index (χ4v) is 3.33. The average Bonchev–Trinajstić information content (AvgIpc) is 2.84. The fraction of sp³-hybridized carbons (Fsp3) is 0.400. The van der Waals surface area contributed by atoms with E-state index in [0.29, 0.717) is 0 Å². The Bertz CT molecular complexity index is 614. The normalized spacial score (nSPS) is 12.9. The number of unbranched alkanes of at least 4 members (excludes halogenated alkanes) is 5. The summed E-state index contributed by atoms with van der Waals surface area (Å²) in [5.74, 6) is 0. The Kier molecular flexibility index (Phi) is 4.20. The maximum atomic E-state index is 2.41. The summed E-state index contributed by atoms with van der Waals surface area (Å²) >= 11 is 0. The van der Waals surface area contributed by atoms with Crippen LogP contribution in [0.3, 0.4) is 0 Å². The van der Waals surface area contributed by atoms with Gasteiger partial charge in [0.05, 0.1) is 0 Å². The van der Waals surface area contributed by atoms with Crippen LogP contribution in [0.15, 0.2) is 36.4 Å². The molecule has 3 rings (SSSR count). The standard InChI is InChI=1S/C20H24/c1-2-3-4-5-6-7-10-17-15-18-13-8-11-16-12-9-14-19(17)20(16)18/h8-9,11-15H,2-7,10H2,1H3. The molecule has 0 atom stereocenters. The SMILES string of the molecule is CCCCCCCCC1=Cc2cccc3cccc1c23. The molecule has 0 amide bonds. The molecular formula is C20H24. The Morgan fingerprint density at radius 3 is 2.40 bits per heavy atom. The van der Waals surface area contributed by atoms with Gasteiger partial charge in [0.15, 0.2) is 0 Å². The first-order chi connectivity index (χ1) is 9.90. The maximum Gasteiger partial charge on any atom is -0.00360 e. The van der Waals surface area contributed by atoms with Crippen LogP contribution in [-0.4, -0.2) is 0 Å². The molecule has 0 heteroatoms. The van der Waals surface area contributed by atoms with Gasteiger partial charge in [-0.1, -0.05) is 81.5 Å². The molecule has 0 saturated heterocycles. The zero-order valence-corrected chi connectivity index (χ0v) is 12.5. The van der Waals surface area contributed by atoms with Crippen molar-refractivity contribution in [2.75, 3.05) is 0 Å². The molecule has 20 heavy (non-hydrogen) atoms. The molecular weight excluding hydrogens is 240 g/mol. The minimum Gasteiger partial charge on any atom is -0.0654 e. The van der Waals surface area contributed by atoms with Gasteiger partial charge in [0.25, 0.3) is 0 Å². The molecule has 0 nitrogen and oxygen atoms in total. The van der Waals surface area contributed by atoms with Crippen molar-refractivity contribution in [3.05, 3.63) is 47.5 Å². The summed E-state index contributed by atoms with van der Waals surface area (Å²) in [6.45, 7) is 2.28. The van der Waals surface area contributed by atoms with E-state index in [1.165, 1.54) is 66.8 Å². The van der Waals surface area contributed by atoms with Crippen molar-refractivity contribution in [3.63, 3.8) is 0 Å². The minimum absolute atomic E-state index is 1.24. The van der Waals surface area contributed by atoms with Gasteiger partial charge in [-0.25, -0.2) is 0 Å². The van der Waals surface area contributed by atoms with E-state index in [9.17, 15) is 0 Å². The first-order valence-electron chi connectivity index (χ1n) is 8.13. The van der Waals surface area contributed by atoms with Crippen molar-refractivity contribution < 1.29 is 0 Å². The third-order valence-electron chi connectivity index (χ3n) is 4.41. The molecule has 0 bridgehead atoms. The van der Waals surface area contributed by atoms with E-state index in [1.807, 2.05) is 0 Å². The summed E-state index contributed by atoms with van der Waals surface area (Å²) in [6.07, 6.45) is 11.9. The Hall–Kier alpha value is -1.56. The highest BCUT2D eigenvalue weighted by molar-refractivity contribution is 6.09. The van der Waals surface area contributed by atoms with E-state index in [2.05, 4.69) is 49.4 Å². The molecule has 0 fully saturated rings. The second kappa shape index (κ2) is 6.26. The van der Waals surface area contributed by atoms with E-state index < -0.39 is 0 Å². The summed E-state index contributed by atoms with van der Waals surface area (Å²) < 4.78 is 0. The molecule has 0 N–H and O–H groups in total. The highest BCUT2D eigenvalue weighted by atomic mass is 14.2. The number of hydrogen-bond donors (Lipinski definition) is 0. The third kappa shape index (κ3) is 2.65. The largest absolute Gasteiger partial charge is 0.0654 e. The Morgan fingerprint density at radius 2 is 1.55 bits per heavy atom. The molecule has 1 aliphatic carbocycles. The van der Waals surface area contributed by atoms with Gasteiger partial charge < -0.3 is 0 Å². The van der Waals surface area contributed by atoms with Crippen molar-refractivity contribution >= 4 is 22.4 Å². The lowest BCUT2D eigenvalue weighted by molar-refractivity contribution is 0.614. The first-order valence-corrected chi connectivity index (χ1v) is 8.13. The second-order valence-corrected chi connectivity index (χ2v) is 5.94. The maximum absolute atomic E-state index is 2.41. The van der Waals surface area contributed by atoms with Crippen LogP contribution in [0.25, 0.3) is 22.4 Å². The molecule has 0 radical (unpaired) electrons. The zero-order chi connectivity index (χ0) is 13.8. The van der Waals surface area contributed by atoms with Crippen LogP contribution in [0.4, 0.5) is 0 Å². The van der Waals surface area contributed by atoms with Crippen molar-refractivity contribution in [2.45, 2.75) is 51.9 Å². The molecule has 1 aliphatic rings. The Labute approximate surface area is 122 Å². The monoisotopic (exact) mass is 264 g/mol. The van der Waals surface area contributed by atoms with Crippen LogP contribution in [0.1, 0.15) is 63.0 Å². The predicted molar refractivity (Wildman–Crippen MR) is 89.8 cm³/mol. The summed E-state index contributed by atoms with van der Waals surface area (Å²) in [7, 11) is 0. The Morgan fingerprint density at radius 1 is 0.800 bits per heavy atom. The number of rotatable bonds is 7. The molecule has 0 heterocycles. The second-order valence-electron chi connectivity index (χ2n) is 5.94. The van der Waals surface area contributed by atoms with E-state index in [1.54, 1.807) is 5.57 Å². The highest BCUT2D eigenvalue weighted by Crippen LogP contribution is 2.38. The van der Waals surface area contributed by atoms with Crippen LogP contribution < -0.4 is 0 Å². The molecule has 0 unspecified atom stereocenters.